The first-order valence-corrected chi connectivity index (χ1v) is 13.0. The van der Waals surface area contributed by atoms with E-state index < -0.39 is 12.1 Å². The second-order valence-corrected chi connectivity index (χ2v) is 9.90. The van der Waals surface area contributed by atoms with Crippen molar-refractivity contribution in [2.24, 2.45) is 5.92 Å². The van der Waals surface area contributed by atoms with Crippen molar-refractivity contribution in [2.75, 3.05) is 13.1 Å². The van der Waals surface area contributed by atoms with E-state index in [1.807, 2.05) is 36.4 Å². The molecule has 4 aromatic rings. The van der Waals surface area contributed by atoms with Crippen LogP contribution in [0.3, 0.4) is 0 Å². The number of aliphatic carboxylic acids is 1. The summed E-state index contributed by atoms with van der Waals surface area (Å²) in [4.78, 5) is 35.9. The molecule has 11 heteroatoms. The van der Waals surface area contributed by atoms with Gasteiger partial charge in [-0.3, -0.25) is 13.9 Å². The molecule has 1 aromatic heterocycles. The lowest BCUT2D eigenvalue weighted by molar-refractivity contribution is -0.192. The number of hydrogen-bond donors (Lipinski definition) is 2. The van der Waals surface area contributed by atoms with Crippen LogP contribution in [-0.2, 0) is 17.9 Å². The number of nitrogens with one attached hydrogen (secondary N) is 1. The first kappa shape index (κ1) is 29.1. The molecular weight excluding hydrogens is 547 g/mol. The van der Waals surface area contributed by atoms with Crippen LogP contribution in [-0.4, -0.2) is 39.5 Å². The van der Waals surface area contributed by atoms with Crippen molar-refractivity contribution in [3.05, 3.63) is 104 Å². The van der Waals surface area contributed by atoms with E-state index in [4.69, 9.17) is 21.5 Å². The lowest BCUT2D eigenvalue weighted by Gasteiger charge is -2.24. The number of benzene rings is 3. The largest absolute Gasteiger partial charge is 0.490 e. The topological polar surface area (TPSA) is 93.3 Å². The molecule has 40 heavy (non-hydrogen) atoms. The fraction of sp³-hybridized carbons (Fsp3) is 0.276. The van der Waals surface area contributed by atoms with Gasteiger partial charge in [0.2, 0.25) is 0 Å². The second kappa shape index (κ2) is 12.5. The molecule has 0 radical (unpaired) electrons. The normalized spacial score (nSPS) is 14.0. The van der Waals surface area contributed by atoms with Gasteiger partial charge >= 0.3 is 17.8 Å². The van der Waals surface area contributed by atoms with E-state index in [-0.39, 0.29) is 11.2 Å². The fourth-order valence-electron chi connectivity index (χ4n) is 4.76. The van der Waals surface area contributed by atoms with Crippen LogP contribution in [0.5, 0.6) is 0 Å². The van der Waals surface area contributed by atoms with Crippen molar-refractivity contribution < 1.29 is 23.1 Å². The SMILES string of the molecule is O=C(O)C(F)(F)F.O=c1c2cc(Cl)ccc2n(Cc2ccccc2-c2ccccc2)c(=O)n1CC1CCNCC1. The highest BCUT2D eigenvalue weighted by molar-refractivity contribution is 6.31. The Morgan fingerprint density at radius 2 is 1.57 bits per heavy atom. The summed E-state index contributed by atoms with van der Waals surface area (Å²) in [5.41, 5.74) is 3.27. The van der Waals surface area contributed by atoms with E-state index in [2.05, 4.69) is 23.5 Å². The molecule has 3 aromatic carbocycles. The third kappa shape index (κ3) is 6.81. The summed E-state index contributed by atoms with van der Waals surface area (Å²) in [6, 6.07) is 23.4. The van der Waals surface area contributed by atoms with Gasteiger partial charge in [0.05, 0.1) is 17.4 Å². The molecule has 0 bridgehead atoms. The number of rotatable bonds is 5. The van der Waals surface area contributed by atoms with Crippen LogP contribution in [0, 0.1) is 5.92 Å². The summed E-state index contributed by atoms with van der Waals surface area (Å²) >= 11 is 6.25. The zero-order valence-electron chi connectivity index (χ0n) is 21.3. The van der Waals surface area contributed by atoms with Crippen LogP contribution in [0.25, 0.3) is 22.0 Å². The van der Waals surface area contributed by atoms with Crippen molar-refractivity contribution in [1.29, 1.82) is 0 Å². The molecule has 210 valence electrons. The third-order valence-electron chi connectivity index (χ3n) is 6.76. The average molecular weight is 574 g/mol. The Morgan fingerprint density at radius 1 is 0.950 bits per heavy atom. The minimum atomic E-state index is -5.08. The van der Waals surface area contributed by atoms with E-state index in [0.717, 1.165) is 42.6 Å². The predicted molar refractivity (Wildman–Crippen MR) is 148 cm³/mol. The number of alkyl halides is 3. The smallest absolute Gasteiger partial charge is 0.475 e. The van der Waals surface area contributed by atoms with Gasteiger partial charge in [-0.25, -0.2) is 9.59 Å². The Kier molecular flexibility index (Phi) is 9.11. The van der Waals surface area contributed by atoms with Crippen molar-refractivity contribution in [2.45, 2.75) is 32.1 Å². The highest BCUT2D eigenvalue weighted by Crippen LogP contribution is 2.25. The Hall–Kier alpha value is -3.89. The van der Waals surface area contributed by atoms with Gasteiger partial charge in [0.25, 0.3) is 5.56 Å². The van der Waals surface area contributed by atoms with Crippen molar-refractivity contribution in [3.8, 4) is 11.1 Å². The first-order chi connectivity index (χ1) is 19.1. The fourth-order valence-corrected chi connectivity index (χ4v) is 4.93. The maximum Gasteiger partial charge on any atom is 0.490 e. The molecule has 5 rings (SSSR count). The molecule has 0 aliphatic carbocycles. The van der Waals surface area contributed by atoms with Gasteiger partial charge in [-0.05, 0) is 66.7 Å². The van der Waals surface area contributed by atoms with Gasteiger partial charge in [0.1, 0.15) is 0 Å². The maximum absolute atomic E-state index is 13.7. The zero-order valence-corrected chi connectivity index (χ0v) is 22.1. The van der Waals surface area contributed by atoms with Crippen LogP contribution in [0.4, 0.5) is 13.2 Å². The number of carboxylic acids is 1. The summed E-state index contributed by atoms with van der Waals surface area (Å²) in [6.07, 6.45) is -3.17. The number of hydrogen-bond acceptors (Lipinski definition) is 4. The lowest BCUT2D eigenvalue weighted by Crippen LogP contribution is -2.43. The van der Waals surface area contributed by atoms with Gasteiger partial charge in [0.15, 0.2) is 0 Å². The van der Waals surface area contributed by atoms with Gasteiger partial charge < -0.3 is 10.4 Å². The molecule has 0 spiro atoms. The van der Waals surface area contributed by atoms with E-state index in [9.17, 15) is 22.8 Å². The van der Waals surface area contributed by atoms with Gasteiger partial charge in [0, 0.05) is 11.6 Å². The number of carboxylic acid groups (broad SMARTS) is 1. The predicted octanol–water partition coefficient (Wildman–Crippen LogP) is 5.16. The molecule has 0 amide bonds. The molecule has 0 unspecified atom stereocenters. The average Bonchev–Trinajstić information content (AvgIpc) is 2.94. The van der Waals surface area contributed by atoms with Crippen LogP contribution >= 0.6 is 11.6 Å². The molecular formula is C29H27ClF3N3O4. The van der Waals surface area contributed by atoms with Gasteiger partial charge in [-0.1, -0.05) is 66.2 Å². The number of halogens is 4. The van der Waals surface area contributed by atoms with Crippen molar-refractivity contribution >= 4 is 28.5 Å². The summed E-state index contributed by atoms with van der Waals surface area (Å²) in [7, 11) is 0. The molecule has 2 heterocycles. The number of fused-ring (bicyclic) bond motifs is 1. The van der Waals surface area contributed by atoms with E-state index in [1.54, 1.807) is 22.8 Å². The molecule has 2 N–H and O–H groups in total. The summed E-state index contributed by atoms with van der Waals surface area (Å²) < 4.78 is 34.9. The van der Waals surface area contributed by atoms with Crippen LogP contribution < -0.4 is 16.6 Å². The summed E-state index contributed by atoms with van der Waals surface area (Å²) in [6.45, 7) is 2.63. The molecule has 0 atom stereocenters. The number of aromatic nitrogens is 2. The van der Waals surface area contributed by atoms with Crippen LogP contribution in [0.1, 0.15) is 18.4 Å². The molecule has 1 fully saturated rings. The lowest BCUT2D eigenvalue weighted by atomic mass is 9.98. The number of piperidine rings is 1. The molecule has 7 nitrogen and oxygen atoms in total. The van der Waals surface area contributed by atoms with Crippen molar-refractivity contribution in [3.63, 3.8) is 0 Å². The maximum atomic E-state index is 13.7. The Bertz CT molecular complexity index is 1610. The van der Waals surface area contributed by atoms with E-state index >= 15 is 0 Å². The Morgan fingerprint density at radius 3 is 2.23 bits per heavy atom. The standard InChI is InChI=1S/C27H26ClN3O2.C2HF3O2/c28-22-10-11-25-24(16-22)26(32)31(17-19-12-14-29-15-13-19)27(33)30(25)18-21-8-4-5-9-23(21)20-6-2-1-3-7-20;3-2(4,5)1(6)7/h1-11,16,19,29H,12-15,17-18H2;(H,6,7). The van der Waals surface area contributed by atoms with Gasteiger partial charge in [-0.2, -0.15) is 13.2 Å². The second-order valence-electron chi connectivity index (χ2n) is 9.47. The van der Waals surface area contributed by atoms with Crippen molar-refractivity contribution in [1.82, 2.24) is 14.5 Å². The van der Waals surface area contributed by atoms with Crippen LogP contribution in [0.2, 0.25) is 5.02 Å². The number of carbonyl (C=O) groups is 1. The highest BCUT2D eigenvalue weighted by atomic mass is 35.5. The zero-order chi connectivity index (χ0) is 28.9. The molecule has 1 aliphatic rings. The first-order valence-electron chi connectivity index (χ1n) is 12.6. The Balaban J connectivity index is 0.000000470. The highest BCUT2D eigenvalue weighted by Gasteiger charge is 2.38. The molecule has 1 aliphatic heterocycles. The minimum Gasteiger partial charge on any atom is -0.475 e. The van der Waals surface area contributed by atoms with E-state index in [1.165, 1.54) is 4.57 Å². The Labute approximate surface area is 232 Å². The monoisotopic (exact) mass is 573 g/mol. The quantitative estimate of drug-likeness (QED) is 0.344. The van der Waals surface area contributed by atoms with Crippen LogP contribution in [0.15, 0.2) is 82.4 Å². The summed E-state index contributed by atoms with van der Waals surface area (Å²) in [5.74, 6) is -2.45. The van der Waals surface area contributed by atoms with E-state index in [0.29, 0.717) is 34.9 Å². The third-order valence-corrected chi connectivity index (χ3v) is 6.99. The molecule has 0 saturated carbocycles. The molecule has 1 saturated heterocycles. The van der Waals surface area contributed by atoms with Gasteiger partial charge in [-0.15, -0.1) is 0 Å². The number of nitrogens with zero attached hydrogens (tertiary/aromatic N) is 2. The summed E-state index contributed by atoms with van der Waals surface area (Å²) in [5, 5.41) is 11.4. The minimum absolute atomic E-state index is 0.261.